The molecule has 2 aliphatic heterocycles. The number of hydrogen-bond donors (Lipinski definition) is 14. The standard InChI is InChI=1S/C38H57N13O13/c1-51(12-15-10-46-33-26(47-15)32(43)49-38(44)50-33)16-4-2-14(3-5-16)34(58)48-20(35(59)60)6-7-24(54)45-11-22-21(53)9-19(41)36(61-22)63-30-17(39)8-18(40)31(29(30)57)64-37-28(56)25(42)27(55)23(13-52)62-37/h2-5,10,17-23,25,27-31,36-37,52-53,55-57H,6-9,11-13,39-42H2,1H3,(H,45,54)(H,48,58)(H,59,60)(H4,43,44,46,49,50). The predicted octanol–water partition coefficient (Wildman–Crippen LogP) is -5.94. The molecule has 1 aromatic carbocycles. The third-order valence-corrected chi connectivity index (χ3v) is 11.4. The number of nitrogens with one attached hydrogen (secondary N) is 2. The van der Waals surface area contributed by atoms with Crippen molar-refractivity contribution in [1.29, 1.82) is 0 Å². The zero-order valence-electron chi connectivity index (χ0n) is 34.7. The molecule has 2 amide bonds. The number of fused-ring (bicyclic) bond motifs is 1. The van der Waals surface area contributed by atoms with Gasteiger partial charge in [0.1, 0.15) is 48.8 Å². The van der Waals surface area contributed by atoms with Crippen LogP contribution in [0.25, 0.3) is 11.2 Å². The van der Waals surface area contributed by atoms with E-state index >= 15 is 0 Å². The number of hydrogen-bond acceptors (Lipinski definition) is 23. The fourth-order valence-corrected chi connectivity index (χ4v) is 7.74. The van der Waals surface area contributed by atoms with Crippen LogP contribution >= 0.6 is 0 Å². The molecule has 2 aromatic heterocycles. The Labute approximate surface area is 365 Å². The second kappa shape index (κ2) is 20.8. The van der Waals surface area contributed by atoms with E-state index in [-0.39, 0.29) is 55.2 Å². The zero-order valence-corrected chi connectivity index (χ0v) is 34.7. The van der Waals surface area contributed by atoms with Crippen molar-refractivity contribution < 1.29 is 64.0 Å². The predicted molar refractivity (Wildman–Crippen MR) is 223 cm³/mol. The average molecular weight is 904 g/mol. The van der Waals surface area contributed by atoms with Crippen molar-refractivity contribution in [2.45, 2.75) is 124 Å². The van der Waals surface area contributed by atoms with Gasteiger partial charge in [-0.05, 0) is 43.5 Å². The van der Waals surface area contributed by atoms with E-state index < -0.39 is 116 Å². The SMILES string of the molecule is CN(Cc1cnc2nc(N)nc(N)c2n1)c1ccc(C(=O)NC(CCC(=O)NCC2OC(OC3C(N)CC(N)C(OC4OC(CO)C(O)C(N)C4O)C3O)C(N)CC2O)C(=O)O)cc1. The van der Waals surface area contributed by atoms with Gasteiger partial charge in [-0.2, -0.15) is 9.97 Å². The summed E-state index contributed by atoms with van der Waals surface area (Å²) in [6.07, 6.45) is -12.1. The smallest absolute Gasteiger partial charge is 0.326 e. The largest absolute Gasteiger partial charge is 0.480 e. The first-order valence-electron chi connectivity index (χ1n) is 20.5. The van der Waals surface area contributed by atoms with Crippen LogP contribution in [0, 0.1) is 0 Å². The Balaban J connectivity index is 0.976. The molecule has 1 saturated carbocycles. The Hall–Kier alpha value is -5.07. The molecule has 20 N–H and O–H groups in total. The Morgan fingerprint density at radius 3 is 2.19 bits per heavy atom. The normalized spacial score (nSPS) is 32.4. The van der Waals surface area contributed by atoms with Gasteiger partial charge < -0.3 is 99.5 Å². The highest BCUT2D eigenvalue weighted by molar-refractivity contribution is 5.97. The maximum atomic E-state index is 13.1. The van der Waals surface area contributed by atoms with Gasteiger partial charge in [0.2, 0.25) is 11.9 Å². The summed E-state index contributed by atoms with van der Waals surface area (Å²) in [5.41, 5.74) is 38.3. The number of aliphatic carboxylic acids is 1. The monoisotopic (exact) mass is 903 g/mol. The number of nitrogens with zero attached hydrogens (tertiary/aromatic N) is 5. The highest BCUT2D eigenvalue weighted by Crippen LogP contribution is 2.31. The molecule has 352 valence electrons. The van der Waals surface area contributed by atoms with Gasteiger partial charge in [-0.15, -0.1) is 0 Å². The summed E-state index contributed by atoms with van der Waals surface area (Å²) in [4.78, 5) is 56.6. The average Bonchev–Trinajstić information content (AvgIpc) is 3.25. The van der Waals surface area contributed by atoms with E-state index in [1.807, 2.05) is 4.90 Å². The summed E-state index contributed by atoms with van der Waals surface area (Å²) in [5.74, 6) is -2.57. The van der Waals surface area contributed by atoms with Crippen LogP contribution in [0.1, 0.15) is 41.7 Å². The Morgan fingerprint density at radius 1 is 0.875 bits per heavy atom. The molecule has 0 spiro atoms. The van der Waals surface area contributed by atoms with Crippen molar-refractivity contribution >= 4 is 46.4 Å². The van der Waals surface area contributed by atoms with Crippen LogP contribution in [-0.2, 0) is 35.1 Å². The van der Waals surface area contributed by atoms with Gasteiger partial charge in [0.05, 0.1) is 43.2 Å². The maximum Gasteiger partial charge on any atom is 0.326 e. The molecule has 15 unspecified atom stereocenters. The number of carbonyl (C=O) groups is 3. The van der Waals surface area contributed by atoms with Gasteiger partial charge in [0.25, 0.3) is 5.91 Å². The number of aliphatic hydroxyl groups excluding tert-OH is 5. The summed E-state index contributed by atoms with van der Waals surface area (Å²) in [5, 5.41) is 67.4. The molecule has 3 aliphatic rings. The number of aliphatic hydroxyl groups is 5. The number of aromatic nitrogens is 4. The Morgan fingerprint density at radius 2 is 1.53 bits per heavy atom. The van der Waals surface area contributed by atoms with Crippen molar-refractivity contribution in [1.82, 2.24) is 30.6 Å². The van der Waals surface area contributed by atoms with Gasteiger partial charge in [-0.25, -0.2) is 14.8 Å². The fraction of sp³-hybridized carbons (Fsp3) is 0.605. The van der Waals surface area contributed by atoms with Crippen molar-refractivity contribution in [2.24, 2.45) is 22.9 Å². The molecule has 0 bridgehead atoms. The maximum absolute atomic E-state index is 13.1. The molecule has 64 heavy (non-hydrogen) atoms. The number of carbonyl (C=O) groups excluding carboxylic acids is 2. The third-order valence-electron chi connectivity index (χ3n) is 11.4. The third kappa shape index (κ3) is 11.2. The van der Waals surface area contributed by atoms with Gasteiger partial charge in [-0.3, -0.25) is 9.59 Å². The van der Waals surface area contributed by atoms with E-state index in [4.69, 9.17) is 53.3 Å². The lowest BCUT2D eigenvalue weighted by atomic mass is 9.84. The minimum Gasteiger partial charge on any atom is -0.480 e. The van der Waals surface area contributed by atoms with E-state index in [0.717, 1.165) is 0 Å². The first kappa shape index (κ1) is 48.4. The second-order valence-electron chi connectivity index (χ2n) is 16.2. The number of carboxylic acids is 1. The number of ether oxygens (including phenoxy) is 4. The lowest BCUT2D eigenvalue weighted by Crippen LogP contribution is -2.68. The number of nitrogens with two attached hydrogens (primary N) is 6. The minimum absolute atomic E-state index is 0.0185. The number of benzene rings is 1. The summed E-state index contributed by atoms with van der Waals surface area (Å²) in [6, 6.07) is 1.05. The number of amides is 2. The molecule has 26 heteroatoms. The van der Waals surface area contributed by atoms with Crippen LogP contribution in [0.2, 0.25) is 0 Å². The molecule has 26 nitrogen and oxygen atoms in total. The van der Waals surface area contributed by atoms with Crippen LogP contribution < -0.4 is 49.9 Å². The van der Waals surface area contributed by atoms with Crippen molar-refractivity contribution in [2.75, 3.05) is 36.6 Å². The zero-order chi connectivity index (χ0) is 46.6. The number of anilines is 3. The molecular weight excluding hydrogens is 846 g/mol. The summed E-state index contributed by atoms with van der Waals surface area (Å²) in [6.45, 7) is -0.562. The van der Waals surface area contributed by atoms with E-state index in [1.54, 1.807) is 19.2 Å². The first-order chi connectivity index (χ1) is 30.3. The molecule has 2 saturated heterocycles. The molecule has 3 fully saturated rings. The molecule has 3 aromatic rings. The number of nitrogen functional groups attached to an aromatic ring is 2. The van der Waals surface area contributed by atoms with Gasteiger partial charge >= 0.3 is 5.97 Å². The molecule has 4 heterocycles. The van der Waals surface area contributed by atoms with Crippen LogP contribution in [0.3, 0.4) is 0 Å². The minimum atomic E-state index is -1.55. The lowest BCUT2D eigenvalue weighted by Gasteiger charge is -2.47. The van der Waals surface area contributed by atoms with Gasteiger partial charge in [-0.1, -0.05) is 0 Å². The van der Waals surface area contributed by atoms with Crippen molar-refractivity contribution in [3.05, 3.63) is 41.7 Å². The summed E-state index contributed by atoms with van der Waals surface area (Å²) in [7, 11) is 1.79. The Bertz CT molecular complexity index is 2090. The molecule has 0 radical (unpaired) electrons. The molecular formula is C38H57N13O13. The first-order valence-corrected chi connectivity index (χ1v) is 20.5. The van der Waals surface area contributed by atoms with Crippen molar-refractivity contribution in [3.8, 4) is 0 Å². The second-order valence-corrected chi connectivity index (χ2v) is 16.2. The topological polar surface area (TPSA) is 444 Å². The van der Waals surface area contributed by atoms with E-state index in [1.165, 1.54) is 18.3 Å². The lowest BCUT2D eigenvalue weighted by molar-refractivity contribution is -0.315. The quantitative estimate of drug-likeness (QED) is 0.0636. The van der Waals surface area contributed by atoms with E-state index in [9.17, 15) is 45.0 Å². The van der Waals surface area contributed by atoms with E-state index in [2.05, 4.69) is 30.6 Å². The van der Waals surface area contributed by atoms with Crippen LogP contribution in [-0.4, -0.2) is 180 Å². The fourth-order valence-electron chi connectivity index (χ4n) is 7.74. The Kier molecular flexibility index (Phi) is 15.8. The number of rotatable bonds is 16. The van der Waals surface area contributed by atoms with Crippen LogP contribution in [0.4, 0.5) is 17.5 Å². The van der Waals surface area contributed by atoms with Crippen molar-refractivity contribution in [3.63, 3.8) is 0 Å². The van der Waals surface area contributed by atoms with E-state index in [0.29, 0.717) is 23.4 Å². The molecule has 1 aliphatic carbocycles. The van der Waals surface area contributed by atoms with Crippen LogP contribution in [0.5, 0.6) is 0 Å². The van der Waals surface area contributed by atoms with Gasteiger partial charge in [0, 0.05) is 43.3 Å². The van der Waals surface area contributed by atoms with Gasteiger partial charge in [0.15, 0.2) is 29.6 Å². The number of carboxylic acid groups (broad SMARTS) is 1. The molecule has 6 rings (SSSR count). The highest BCUT2D eigenvalue weighted by Gasteiger charge is 2.50. The summed E-state index contributed by atoms with van der Waals surface area (Å²) < 4.78 is 23.3. The highest BCUT2D eigenvalue weighted by atomic mass is 16.7. The van der Waals surface area contributed by atoms with Crippen LogP contribution in [0.15, 0.2) is 30.5 Å². The molecule has 15 atom stereocenters. The summed E-state index contributed by atoms with van der Waals surface area (Å²) >= 11 is 0.